The molecule has 0 spiro atoms. The van der Waals surface area contributed by atoms with Gasteiger partial charge in [-0.1, -0.05) is 12.2 Å². The Balaban J connectivity index is 2.70. The highest BCUT2D eigenvalue weighted by Gasteiger charge is 2.45. The van der Waals surface area contributed by atoms with E-state index in [2.05, 4.69) is 6.58 Å². The summed E-state index contributed by atoms with van der Waals surface area (Å²) < 4.78 is 5.25. The summed E-state index contributed by atoms with van der Waals surface area (Å²) in [5.74, 6) is 0.0375. The summed E-state index contributed by atoms with van der Waals surface area (Å²) in [4.78, 5) is 13.8. The Morgan fingerprint density at radius 3 is 2.73 bits per heavy atom. The van der Waals surface area contributed by atoms with Crippen molar-refractivity contribution in [3.05, 3.63) is 12.2 Å². The molecule has 1 amide bonds. The molecule has 2 N–H and O–H groups in total. The van der Waals surface area contributed by atoms with Crippen molar-refractivity contribution in [2.45, 2.75) is 19.9 Å². The molecule has 1 heterocycles. The summed E-state index contributed by atoms with van der Waals surface area (Å²) in [6, 6.07) is -0.211. The summed E-state index contributed by atoms with van der Waals surface area (Å²) in [5, 5.41) is 0. The Morgan fingerprint density at radius 2 is 2.33 bits per heavy atom. The first-order valence-electron chi connectivity index (χ1n) is 5.11. The SMILES string of the molecule is C=C(C)CN(C)C(=O)C1(C)COCC1N. The molecular weight excluding hydrogens is 192 g/mol. The monoisotopic (exact) mass is 212 g/mol. The second kappa shape index (κ2) is 4.33. The van der Waals surface area contributed by atoms with E-state index in [4.69, 9.17) is 10.5 Å². The van der Waals surface area contributed by atoms with E-state index in [9.17, 15) is 4.79 Å². The number of amides is 1. The molecule has 1 rings (SSSR count). The summed E-state index contributed by atoms with van der Waals surface area (Å²) in [6.45, 7) is 8.99. The van der Waals surface area contributed by atoms with Gasteiger partial charge in [-0.25, -0.2) is 0 Å². The number of carbonyl (C=O) groups is 1. The predicted octanol–water partition coefficient (Wildman–Crippen LogP) is 0.385. The van der Waals surface area contributed by atoms with Crippen molar-refractivity contribution in [2.24, 2.45) is 11.1 Å². The van der Waals surface area contributed by atoms with Crippen molar-refractivity contribution in [1.29, 1.82) is 0 Å². The van der Waals surface area contributed by atoms with Gasteiger partial charge in [0.05, 0.1) is 18.6 Å². The van der Waals surface area contributed by atoms with E-state index >= 15 is 0 Å². The molecule has 1 aliphatic heterocycles. The minimum atomic E-state index is -0.579. The first-order chi connectivity index (χ1) is 6.88. The second-order valence-electron chi connectivity index (χ2n) is 4.66. The zero-order valence-electron chi connectivity index (χ0n) is 9.75. The highest BCUT2D eigenvalue weighted by molar-refractivity contribution is 5.83. The maximum absolute atomic E-state index is 12.1. The summed E-state index contributed by atoms with van der Waals surface area (Å²) >= 11 is 0. The van der Waals surface area contributed by atoms with Gasteiger partial charge in [0.15, 0.2) is 0 Å². The van der Waals surface area contributed by atoms with E-state index in [1.54, 1.807) is 11.9 Å². The summed E-state index contributed by atoms with van der Waals surface area (Å²) in [7, 11) is 1.77. The molecule has 0 aliphatic carbocycles. The largest absolute Gasteiger partial charge is 0.379 e. The third-order valence-electron chi connectivity index (χ3n) is 2.86. The van der Waals surface area contributed by atoms with E-state index in [0.29, 0.717) is 19.8 Å². The van der Waals surface area contributed by atoms with Crippen molar-refractivity contribution in [3.63, 3.8) is 0 Å². The Kier molecular flexibility index (Phi) is 3.52. The Hall–Kier alpha value is -0.870. The lowest BCUT2D eigenvalue weighted by Gasteiger charge is -2.30. The molecule has 4 heteroatoms. The molecule has 2 atom stereocenters. The number of ether oxygens (including phenoxy) is 1. The normalized spacial score (nSPS) is 30.3. The van der Waals surface area contributed by atoms with Gasteiger partial charge < -0.3 is 15.4 Å². The first-order valence-corrected chi connectivity index (χ1v) is 5.11. The number of hydrogen-bond acceptors (Lipinski definition) is 3. The molecule has 0 radical (unpaired) electrons. The fourth-order valence-electron chi connectivity index (χ4n) is 1.82. The van der Waals surface area contributed by atoms with E-state index < -0.39 is 5.41 Å². The smallest absolute Gasteiger partial charge is 0.232 e. The number of nitrogens with zero attached hydrogens (tertiary/aromatic N) is 1. The highest BCUT2D eigenvalue weighted by atomic mass is 16.5. The van der Waals surface area contributed by atoms with Crippen molar-refractivity contribution < 1.29 is 9.53 Å². The van der Waals surface area contributed by atoms with Crippen molar-refractivity contribution >= 4 is 5.91 Å². The Labute approximate surface area is 91.1 Å². The average Bonchev–Trinajstić information content (AvgIpc) is 2.46. The van der Waals surface area contributed by atoms with Crippen LogP contribution in [-0.2, 0) is 9.53 Å². The highest BCUT2D eigenvalue weighted by Crippen LogP contribution is 2.29. The summed E-state index contributed by atoms with van der Waals surface area (Å²) in [6.07, 6.45) is 0. The minimum absolute atomic E-state index is 0.0375. The maximum atomic E-state index is 12.1. The Morgan fingerprint density at radius 1 is 1.73 bits per heavy atom. The maximum Gasteiger partial charge on any atom is 0.232 e. The number of hydrogen-bond donors (Lipinski definition) is 1. The van der Waals surface area contributed by atoms with Crippen LogP contribution in [0.2, 0.25) is 0 Å². The van der Waals surface area contributed by atoms with Crippen LogP contribution in [0.1, 0.15) is 13.8 Å². The third kappa shape index (κ3) is 2.38. The molecule has 4 nitrogen and oxygen atoms in total. The molecule has 0 saturated carbocycles. The van der Waals surface area contributed by atoms with Gasteiger partial charge in [0.1, 0.15) is 0 Å². The van der Waals surface area contributed by atoms with E-state index in [1.165, 1.54) is 0 Å². The van der Waals surface area contributed by atoms with E-state index in [-0.39, 0.29) is 11.9 Å². The van der Waals surface area contributed by atoms with Gasteiger partial charge in [0.2, 0.25) is 5.91 Å². The van der Waals surface area contributed by atoms with E-state index in [0.717, 1.165) is 5.57 Å². The standard InChI is InChI=1S/C11H20N2O2/c1-8(2)5-13(4)10(14)11(3)7-15-6-9(11)12/h9H,1,5-7,12H2,2-4H3. The quantitative estimate of drug-likeness (QED) is 0.688. The van der Waals surface area contributed by atoms with Crippen molar-refractivity contribution in [3.8, 4) is 0 Å². The fourth-order valence-corrected chi connectivity index (χ4v) is 1.82. The van der Waals surface area contributed by atoms with Crippen LogP contribution in [0.4, 0.5) is 0 Å². The number of likely N-dealkylation sites (N-methyl/N-ethyl adjacent to an activating group) is 1. The first kappa shape index (κ1) is 12.2. The van der Waals surface area contributed by atoms with Crippen LogP contribution in [0.5, 0.6) is 0 Å². The molecule has 1 fully saturated rings. The molecule has 0 bridgehead atoms. The van der Waals surface area contributed by atoms with Crippen LogP contribution in [-0.4, -0.2) is 43.7 Å². The van der Waals surface area contributed by atoms with Crippen LogP contribution in [0.3, 0.4) is 0 Å². The number of carbonyl (C=O) groups excluding carboxylic acids is 1. The zero-order chi connectivity index (χ0) is 11.6. The molecule has 2 unspecified atom stereocenters. The molecule has 15 heavy (non-hydrogen) atoms. The third-order valence-corrected chi connectivity index (χ3v) is 2.86. The van der Waals surface area contributed by atoms with Gasteiger partial charge >= 0.3 is 0 Å². The number of nitrogens with two attached hydrogens (primary N) is 1. The predicted molar refractivity (Wildman–Crippen MR) is 59.4 cm³/mol. The molecule has 0 aromatic carbocycles. The molecule has 1 saturated heterocycles. The van der Waals surface area contributed by atoms with Gasteiger partial charge in [-0.2, -0.15) is 0 Å². The topological polar surface area (TPSA) is 55.6 Å². The molecule has 0 aromatic heterocycles. The van der Waals surface area contributed by atoms with Gasteiger partial charge in [-0.05, 0) is 13.8 Å². The number of rotatable bonds is 3. The van der Waals surface area contributed by atoms with Crippen LogP contribution in [0, 0.1) is 5.41 Å². The molecule has 86 valence electrons. The fraction of sp³-hybridized carbons (Fsp3) is 0.727. The molecular formula is C11H20N2O2. The van der Waals surface area contributed by atoms with Gasteiger partial charge in [-0.15, -0.1) is 0 Å². The van der Waals surface area contributed by atoms with Crippen LogP contribution in [0.25, 0.3) is 0 Å². The zero-order valence-corrected chi connectivity index (χ0v) is 9.75. The molecule has 0 aromatic rings. The Bertz CT molecular complexity index is 278. The van der Waals surface area contributed by atoms with Crippen molar-refractivity contribution in [1.82, 2.24) is 4.90 Å². The average molecular weight is 212 g/mol. The lowest BCUT2D eigenvalue weighted by atomic mass is 9.84. The van der Waals surface area contributed by atoms with Gasteiger partial charge in [0, 0.05) is 19.6 Å². The van der Waals surface area contributed by atoms with E-state index in [1.807, 2.05) is 13.8 Å². The molecule has 1 aliphatic rings. The van der Waals surface area contributed by atoms with Gasteiger partial charge in [-0.3, -0.25) is 4.79 Å². The lowest BCUT2D eigenvalue weighted by Crippen LogP contribution is -2.50. The van der Waals surface area contributed by atoms with Crippen molar-refractivity contribution in [2.75, 3.05) is 26.8 Å². The summed E-state index contributed by atoms with van der Waals surface area (Å²) in [5.41, 5.74) is 6.27. The van der Waals surface area contributed by atoms with Crippen LogP contribution in [0.15, 0.2) is 12.2 Å². The van der Waals surface area contributed by atoms with Crippen LogP contribution < -0.4 is 5.73 Å². The van der Waals surface area contributed by atoms with Gasteiger partial charge in [0.25, 0.3) is 0 Å². The lowest BCUT2D eigenvalue weighted by molar-refractivity contribution is -0.139. The van der Waals surface area contributed by atoms with Crippen LogP contribution >= 0.6 is 0 Å². The minimum Gasteiger partial charge on any atom is -0.379 e. The second-order valence-corrected chi connectivity index (χ2v) is 4.66.